The monoisotopic (exact) mass is 266 g/mol. The van der Waals surface area contributed by atoms with Gasteiger partial charge in [0.1, 0.15) is 16.8 Å². The van der Waals surface area contributed by atoms with Crippen LogP contribution in [0.3, 0.4) is 0 Å². The molecule has 1 heterocycles. The van der Waals surface area contributed by atoms with E-state index in [-0.39, 0.29) is 5.82 Å². The predicted octanol–water partition coefficient (Wildman–Crippen LogP) is 4.02. The summed E-state index contributed by atoms with van der Waals surface area (Å²) in [6, 6.07) is 10.1. The van der Waals surface area contributed by atoms with Gasteiger partial charge in [-0.1, -0.05) is 11.6 Å². The van der Waals surface area contributed by atoms with Crippen molar-refractivity contribution in [2.24, 2.45) is 0 Å². The number of thiophene rings is 1. The van der Waals surface area contributed by atoms with E-state index in [0.717, 1.165) is 4.88 Å². The number of anilines is 1. The highest BCUT2D eigenvalue weighted by atomic mass is 35.5. The summed E-state index contributed by atoms with van der Waals surface area (Å²) in [5.41, 5.74) is 0.404. The third-order valence-corrected chi connectivity index (χ3v) is 3.38. The van der Waals surface area contributed by atoms with Crippen LogP contribution >= 0.6 is 22.9 Å². The maximum Gasteiger partial charge on any atom is 0.147 e. The molecule has 17 heavy (non-hydrogen) atoms. The van der Waals surface area contributed by atoms with E-state index >= 15 is 0 Å². The van der Waals surface area contributed by atoms with E-state index < -0.39 is 0 Å². The van der Waals surface area contributed by atoms with Crippen LogP contribution in [-0.2, 0) is 6.54 Å². The molecule has 1 aromatic heterocycles. The molecule has 2 rings (SSSR count). The third kappa shape index (κ3) is 2.96. The zero-order valence-corrected chi connectivity index (χ0v) is 10.3. The number of halogens is 2. The van der Waals surface area contributed by atoms with Crippen molar-refractivity contribution < 1.29 is 4.39 Å². The fraction of sp³-hybridized carbons (Fsp3) is 0.0833. The van der Waals surface area contributed by atoms with Gasteiger partial charge in [0.25, 0.3) is 0 Å². The molecule has 0 saturated heterocycles. The van der Waals surface area contributed by atoms with Crippen LogP contribution in [0.5, 0.6) is 0 Å². The van der Waals surface area contributed by atoms with Gasteiger partial charge >= 0.3 is 0 Å². The summed E-state index contributed by atoms with van der Waals surface area (Å²) < 4.78 is 13.4. The number of hydrogen-bond donors (Lipinski definition) is 1. The van der Waals surface area contributed by atoms with Gasteiger partial charge in [-0.15, -0.1) is 11.3 Å². The number of nitrogens with one attached hydrogen (secondary N) is 1. The summed E-state index contributed by atoms with van der Waals surface area (Å²) in [6.45, 7) is 0.491. The Kier molecular flexibility index (Phi) is 3.62. The van der Waals surface area contributed by atoms with Crippen LogP contribution in [0.1, 0.15) is 9.75 Å². The second kappa shape index (κ2) is 5.17. The molecular weight excluding hydrogens is 259 g/mol. The summed E-state index contributed by atoms with van der Waals surface area (Å²) in [5, 5.41) is 12.0. The van der Waals surface area contributed by atoms with Crippen molar-refractivity contribution in [3.63, 3.8) is 0 Å². The van der Waals surface area contributed by atoms with Crippen LogP contribution in [-0.4, -0.2) is 0 Å². The minimum atomic E-state index is -0.380. The molecule has 1 aromatic carbocycles. The molecular formula is C12H8ClFN2S. The van der Waals surface area contributed by atoms with Crippen molar-refractivity contribution in [3.8, 4) is 6.07 Å². The van der Waals surface area contributed by atoms with Crippen LogP contribution in [0.4, 0.5) is 10.1 Å². The van der Waals surface area contributed by atoms with Crippen molar-refractivity contribution in [1.29, 1.82) is 5.26 Å². The Morgan fingerprint density at radius 2 is 2.18 bits per heavy atom. The average molecular weight is 267 g/mol. The van der Waals surface area contributed by atoms with E-state index in [2.05, 4.69) is 11.4 Å². The normalized spacial score (nSPS) is 9.94. The second-order valence-electron chi connectivity index (χ2n) is 3.36. The lowest BCUT2D eigenvalue weighted by molar-refractivity contribution is 0.630. The first kappa shape index (κ1) is 11.9. The van der Waals surface area contributed by atoms with Gasteiger partial charge in [0.2, 0.25) is 0 Å². The Hall–Kier alpha value is -1.57. The van der Waals surface area contributed by atoms with Crippen LogP contribution in [0.25, 0.3) is 0 Å². The summed E-state index contributed by atoms with van der Waals surface area (Å²) in [6.07, 6.45) is 0. The molecule has 0 saturated carbocycles. The number of nitriles is 1. The van der Waals surface area contributed by atoms with Gasteiger partial charge in [0.05, 0.1) is 5.69 Å². The van der Waals surface area contributed by atoms with Gasteiger partial charge < -0.3 is 5.32 Å². The average Bonchev–Trinajstić information content (AvgIpc) is 2.76. The Balaban J connectivity index is 2.05. The lowest BCUT2D eigenvalue weighted by atomic mass is 10.3. The van der Waals surface area contributed by atoms with E-state index in [0.29, 0.717) is 22.1 Å². The van der Waals surface area contributed by atoms with Gasteiger partial charge in [-0.2, -0.15) is 5.26 Å². The topological polar surface area (TPSA) is 35.8 Å². The Morgan fingerprint density at radius 3 is 2.82 bits per heavy atom. The van der Waals surface area contributed by atoms with Gasteiger partial charge in [0.15, 0.2) is 0 Å². The Morgan fingerprint density at radius 1 is 1.35 bits per heavy atom. The molecule has 0 aliphatic carbocycles. The van der Waals surface area contributed by atoms with Crippen molar-refractivity contribution in [2.75, 3.05) is 5.32 Å². The van der Waals surface area contributed by atoms with Crippen LogP contribution in [0.15, 0.2) is 30.3 Å². The number of benzene rings is 1. The van der Waals surface area contributed by atoms with E-state index in [1.165, 1.54) is 17.4 Å². The first-order valence-electron chi connectivity index (χ1n) is 4.87. The number of rotatable bonds is 3. The van der Waals surface area contributed by atoms with Crippen LogP contribution < -0.4 is 5.32 Å². The molecule has 0 bridgehead atoms. The first-order chi connectivity index (χ1) is 8.19. The summed E-state index contributed by atoms with van der Waals surface area (Å²) in [4.78, 5) is 1.63. The molecule has 0 spiro atoms. The third-order valence-electron chi connectivity index (χ3n) is 2.16. The quantitative estimate of drug-likeness (QED) is 0.911. The summed E-state index contributed by atoms with van der Waals surface area (Å²) in [5.74, 6) is -0.380. The zero-order valence-electron chi connectivity index (χ0n) is 8.71. The van der Waals surface area contributed by atoms with Crippen LogP contribution in [0, 0.1) is 17.1 Å². The van der Waals surface area contributed by atoms with Crippen molar-refractivity contribution in [2.45, 2.75) is 6.54 Å². The number of nitrogens with zero attached hydrogens (tertiary/aromatic N) is 1. The van der Waals surface area contributed by atoms with Gasteiger partial charge in [-0.3, -0.25) is 0 Å². The Labute approximate surface area is 107 Å². The molecule has 0 aliphatic heterocycles. The zero-order chi connectivity index (χ0) is 12.3. The lowest BCUT2D eigenvalue weighted by Crippen LogP contribution is -1.99. The minimum absolute atomic E-state index is 0.371. The molecule has 0 amide bonds. The second-order valence-corrected chi connectivity index (χ2v) is 4.96. The summed E-state index contributed by atoms with van der Waals surface area (Å²) in [7, 11) is 0. The van der Waals surface area contributed by atoms with E-state index in [4.69, 9.17) is 16.9 Å². The fourth-order valence-electron chi connectivity index (χ4n) is 1.35. The molecule has 5 heteroatoms. The molecule has 0 radical (unpaired) electrons. The van der Waals surface area contributed by atoms with Gasteiger partial charge in [-0.25, -0.2) is 4.39 Å². The van der Waals surface area contributed by atoms with E-state index in [9.17, 15) is 4.39 Å². The molecule has 86 valence electrons. The smallest absolute Gasteiger partial charge is 0.147 e. The van der Waals surface area contributed by atoms with E-state index in [1.807, 2.05) is 6.07 Å². The standard InChI is InChI=1S/C12H8ClFN2S/c13-8-1-4-12(11(14)5-8)16-7-10-3-2-9(6-15)17-10/h1-5,16H,7H2. The van der Waals surface area contributed by atoms with Crippen molar-refractivity contribution in [3.05, 3.63) is 50.9 Å². The van der Waals surface area contributed by atoms with Crippen LogP contribution in [0.2, 0.25) is 5.02 Å². The van der Waals surface area contributed by atoms with Gasteiger partial charge in [-0.05, 0) is 30.3 Å². The fourth-order valence-corrected chi connectivity index (χ4v) is 2.25. The molecule has 0 fully saturated rings. The SMILES string of the molecule is N#Cc1ccc(CNc2ccc(Cl)cc2F)s1. The van der Waals surface area contributed by atoms with Gasteiger partial charge in [0, 0.05) is 16.4 Å². The highest BCUT2D eigenvalue weighted by molar-refractivity contribution is 7.12. The molecule has 0 unspecified atom stereocenters. The van der Waals surface area contributed by atoms with E-state index in [1.54, 1.807) is 18.2 Å². The Bertz CT molecular complexity index is 574. The molecule has 0 atom stereocenters. The highest BCUT2D eigenvalue weighted by Crippen LogP contribution is 2.21. The maximum absolute atomic E-state index is 13.4. The van der Waals surface area contributed by atoms with Crippen molar-refractivity contribution >= 4 is 28.6 Å². The number of hydrogen-bond acceptors (Lipinski definition) is 3. The molecule has 2 nitrogen and oxygen atoms in total. The minimum Gasteiger partial charge on any atom is -0.378 e. The molecule has 0 aliphatic rings. The first-order valence-corrected chi connectivity index (χ1v) is 6.06. The molecule has 2 aromatic rings. The summed E-state index contributed by atoms with van der Waals surface area (Å²) >= 11 is 7.04. The lowest BCUT2D eigenvalue weighted by Gasteiger charge is -2.06. The molecule has 1 N–H and O–H groups in total. The highest BCUT2D eigenvalue weighted by Gasteiger charge is 2.04. The predicted molar refractivity (Wildman–Crippen MR) is 67.8 cm³/mol. The maximum atomic E-state index is 13.4. The van der Waals surface area contributed by atoms with Crippen molar-refractivity contribution in [1.82, 2.24) is 0 Å². The largest absolute Gasteiger partial charge is 0.378 e.